The zero-order valence-corrected chi connectivity index (χ0v) is 11.5. The number of amides is 1. The molecule has 0 spiro atoms. The minimum Gasteiger partial charge on any atom is -0.489 e. The second-order valence-corrected chi connectivity index (χ2v) is 4.27. The highest BCUT2D eigenvalue weighted by atomic mass is 19.1. The Balaban J connectivity index is 1.96. The fraction of sp³-hybridized carbons (Fsp3) is 0.118. The van der Waals surface area contributed by atoms with Crippen LogP contribution in [0, 0.1) is 17.7 Å². The van der Waals surface area contributed by atoms with Gasteiger partial charge in [-0.05, 0) is 42.0 Å². The molecule has 106 valence electrons. The summed E-state index contributed by atoms with van der Waals surface area (Å²) in [5.74, 6) is 5.23. The van der Waals surface area contributed by atoms with E-state index in [1.807, 2.05) is 0 Å². The molecule has 2 aromatic carbocycles. The first-order valence-electron chi connectivity index (χ1n) is 6.38. The van der Waals surface area contributed by atoms with E-state index in [1.165, 1.54) is 19.2 Å². The zero-order valence-electron chi connectivity index (χ0n) is 11.5. The number of halogens is 1. The molecular weight excluding hydrogens is 269 g/mol. The number of benzene rings is 2. The van der Waals surface area contributed by atoms with Crippen LogP contribution in [0.5, 0.6) is 5.75 Å². The van der Waals surface area contributed by atoms with Gasteiger partial charge in [-0.3, -0.25) is 4.79 Å². The van der Waals surface area contributed by atoms with Crippen LogP contribution < -0.4 is 10.1 Å². The van der Waals surface area contributed by atoms with Gasteiger partial charge in [0.15, 0.2) is 0 Å². The van der Waals surface area contributed by atoms with Crippen molar-refractivity contribution in [2.75, 3.05) is 7.05 Å². The van der Waals surface area contributed by atoms with Gasteiger partial charge in [0.1, 0.15) is 18.2 Å². The second kappa shape index (κ2) is 7.11. The molecule has 2 aromatic rings. The molecule has 0 bridgehead atoms. The molecular formula is C17H14FNO2. The van der Waals surface area contributed by atoms with Gasteiger partial charge >= 0.3 is 0 Å². The molecule has 0 saturated carbocycles. The number of hydrogen-bond donors (Lipinski definition) is 1. The first-order valence-corrected chi connectivity index (χ1v) is 6.38. The highest BCUT2D eigenvalue weighted by molar-refractivity contribution is 5.93. The van der Waals surface area contributed by atoms with Crippen LogP contribution in [-0.2, 0) is 11.4 Å². The maximum atomic E-state index is 13.0. The third kappa shape index (κ3) is 4.66. The molecule has 1 amide bonds. The summed E-state index contributed by atoms with van der Waals surface area (Å²) in [6, 6.07) is 13.3. The normalized spacial score (nSPS) is 9.43. The maximum Gasteiger partial charge on any atom is 0.295 e. The lowest BCUT2D eigenvalue weighted by molar-refractivity contribution is -0.115. The third-order valence-electron chi connectivity index (χ3n) is 2.70. The van der Waals surface area contributed by atoms with Crippen LogP contribution in [0.15, 0.2) is 48.5 Å². The van der Waals surface area contributed by atoms with E-state index in [1.54, 1.807) is 36.4 Å². The van der Waals surface area contributed by atoms with Crippen LogP contribution >= 0.6 is 0 Å². The summed E-state index contributed by atoms with van der Waals surface area (Å²) in [7, 11) is 1.53. The second-order valence-electron chi connectivity index (χ2n) is 4.27. The molecule has 0 aliphatic carbocycles. The Kier molecular flexibility index (Phi) is 4.94. The number of carbonyl (C=O) groups excluding carboxylic acids is 1. The predicted molar refractivity (Wildman–Crippen MR) is 78.1 cm³/mol. The predicted octanol–water partition coefficient (Wildman–Crippen LogP) is 2.50. The quantitative estimate of drug-likeness (QED) is 0.879. The fourth-order valence-electron chi connectivity index (χ4n) is 1.62. The highest BCUT2D eigenvalue weighted by Gasteiger charge is 1.98. The van der Waals surface area contributed by atoms with Crippen molar-refractivity contribution in [1.29, 1.82) is 0 Å². The monoisotopic (exact) mass is 283 g/mol. The van der Waals surface area contributed by atoms with Gasteiger partial charge in [-0.15, -0.1) is 0 Å². The molecule has 0 unspecified atom stereocenters. The van der Waals surface area contributed by atoms with Gasteiger partial charge in [-0.25, -0.2) is 4.39 Å². The van der Waals surface area contributed by atoms with Crippen LogP contribution in [0.2, 0.25) is 0 Å². The van der Waals surface area contributed by atoms with E-state index in [4.69, 9.17) is 4.74 Å². The van der Waals surface area contributed by atoms with Gasteiger partial charge in [0.25, 0.3) is 5.91 Å². The summed E-state index contributed by atoms with van der Waals surface area (Å²) in [6.45, 7) is 0.293. The molecule has 0 aliphatic rings. The number of hydrogen-bond acceptors (Lipinski definition) is 2. The van der Waals surface area contributed by atoms with Gasteiger partial charge in [0.05, 0.1) is 0 Å². The van der Waals surface area contributed by atoms with E-state index in [-0.39, 0.29) is 11.7 Å². The SMILES string of the molecule is CNC(=O)C#Cc1ccc(OCc2cccc(F)c2)cc1. The molecule has 4 heteroatoms. The first-order chi connectivity index (χ1) is 10.2. The van der Waals surface area contributed by atoms with E-state index in [0.717, 1.165) is 11.1 Å². The van der Waals surface area contributed by atoms with Crippen molar-refractivity contribution in [2.45, 2.75) is 6.61 Å². The lowest BCUT2D eigenvalue weighted by atomic mass is 10.2. The van der Waals surface area contributed by atoms with Crippen molar-refractivity contribution >= 4 is 5.91 Å². The molecule has 0 fully saturated rings. The lowest BCUT2D eigenvalue weighted by Crippen LogP contribution is -2.14. The molecule has 21 heavy (non-hydrogen) atoms. The number of carbonyl (C=O) groups is 1. The van der Waals surface area contributed by atoms with Gasteiger partial charge < -0.3 is 10.1 Å². The zero-order chi connectivity index (χ0) is 15.1. The van der Waals surface area contributed by atoms with Gasteiger partial charge in [0, 0.05) is 18.5 Å². The van der Waals surface area contributed by atoms with Gasteiger partial charge in [-0.2, -0.15) is 0 Å². The standard InChI is InChI=1S/C17H14FNO2/c1-19-17(20)10-7-13-5-8-16(9-6-13)21-12-14-3-2-4-15(18)11-14/h2-6,8-9,11H,12H2,1H3,(H,19,20). The Bertz CT molecular complexity index is 684. The minimum absolute atomic E-state index is 0.282. The molecule has 0 atom stereocenters. The molecule has 0 heterocycles. The Labute approximate surface area is 122 Å². The summed E-state index contributed by atoms with van der Waals surface area (Å²) < 4.78 is 18.6. The van der Waals surface area contributed by atoms with Crippen molar-refractivity contribution in [3.05, 3.63) is 65.5 Å². The first kappa shape index (κ1) is 14.6. The average Bonchev–Trinajstić information content (AvgIpc) is 2.51. The number of nitrogens with one attached hydrogen (secondary N) is 1. The molecule has 0 aliphatic heterocycles. The van der Waals surface area contributed by atoms with Crippen LogP contribution in [0.25, 0.3) is 0 Å². The molecule has 0 aromatic heterocycles. The Morgan fingerprint density at radius 3 is 2.67 bits per heavy atom. The van der Waals surface area contributed by atoms with Crippen LogP contribution in [0.3, 0.4) is 0 Å². The van der Waals surface area contributed by atoms with Crippen LogP contribution in [0.1, 0.15) is 11.1 Å². The Morgan fingerprint density at radius 2 is 2.00 bits per heavy atom. The van der Waals surface area contributed by atoms with Crippen molar-refractivity contribution in [3.63, 3.8) is 0 Å². The van der Waals surface area contributed by atoms with E-state index in [9.17, 15) is 9.18 Å². The smallest absolute Gasteiger partial charge is 0.295 e. The largest absolute Gasteiger partial charge is 0.489 e. The topological polar surface area (TPSA) is 38.3 Å². The van der Waals surface area contributed by atoms with Crippen molar-refractivity contribution < 1.29 is 13.9 Å². The van der Waals surface area contributed by atoms with E-state index in [2.05, 4.69) is 17.2 Å². The molecule has 0 radical (unpaired) electrons. The summed E-state index contributed by atoms with van der Waals surface area (Å²) in [6.07, 6.45) is 0. The molecule has 0 saturated heterocycles. The Morgan fingerprint density at radius 1 is 1.24 bits per heavy atom. The summed E-state index contributed by atoms with van der Waals surface area (Å²) in [5, 5.41) is 2.42. The third-order valence-corrected chi connectivity index (χ3v) is 2.70. The fourth-order valence-corrected chi connectivity index (χ4v) is 1.62. The van der Waals surface area contributed by atoms with E-state index < -0.39 is 0 Å². The number of rotatable bonds is 3. The van der Waals surface area contributed by atoms with Crippen molar-refractivity contribution in [2.24, 2.45) is 0 Å². The van der Waals surface area contributed by atoms with Crippen LogP contribution in [-0.4, -0.2) is 13.0 Å². The summed E-state index contributed by atoms with van der Waals surface area (Å²) >= 11 is 0. The Hall–Kier alpha value is -2.80. The minimum atomic E-state index is -0.332. The van der Waals surface area contributed by atoms with Gasteiger partial charge in [0.2, 0.25) is 0 Å². The number of ether oxygens (including phenoxy) is 1. The van der Waals surface area contributed by atoms with Gasteiger partial charge in [-0.1, -0.05) is 18.1 Å². The van der Waals surface area contributed by atoms with E-state index >= 15 is 0 Å². The van der Waals surface area contributed by atoms with E-state index in [0.29, 0.717) is 12.4 Å². The summed E-state index contributed by atoms with van der Waals surface area (Å²) in [5.41, 5.74) is 1.48. The van der Waals surface area contributed by atoms with Crippen molar-refractivity contribution in [1.82, 2.24) is 5.32 Å². The van der Waals surface area contributed by atoms with Crippen molar-refractivity contribution in [3.8, 4) is 17.6 Å². The average molecular weight is 283 g/mol. The summed E-state index contributed by atoms with van der Waals surface area (Å²) in [4.78, 5) is 11.0. The molecule has 1 N–H and O–H groups in total. The molecule has 3 nitrogen and oxygen atoms in total. The maximum absolute atomic E-state index is 13.0. The molecule has 2 rings (SSSR count). The van der Waals surface area contributed by atoms with Crippen LogP contribution in [0.4, 0.5) is 4.39 Å². The highest BCUT2D eigenvalue weighted by Crippen LogP contribution is 2.14. The lowest BCUT2D eigenvalue weighted by Gasteiger charge is -2.06.